The van der Waals surface area contributed by atoms with Crippen molar-refractivity contribution in [2.45, 2.75) is 12.8 Å². The van der Waals surface area contributed by atoms with E-state index in [0.717, 1.165) is 12.1 Å². The number of halogens is 2. The Bertz CT molecular complexity index is 884. The van der Waals surface area contributed by atoms with Crippen LogP contribution in [0, 0.1) is 0 Å². The molecular formula is C19H16Cl2N2O4. The molecule has 0 aromatic heterocycles. The molecule has 6 nitrogen and oxygen atoms in total. The highest BCUT2D eigenvalue weighted by atomic mass is 35.5. The predicted molar refractivity (Wildman–Crippen MR) is 103 cm³/mol. The monoisotopic (exact) mass is 406 g/mol. The van der Waals surface area contributed by atoms with Gasteiger partial charge in [0.2, 0.25) is 5.91 Å². The van der Waals surface area contributed by atoms with E-state index in [9.17, 15) is 14.4 Å². The Morgan fingerprint density at radius 3 is 2.52 bits per heavy atom. The van der Waals surface area contributed by atoms with Gasteiger partial charge >= 0.3 is 5.97 Å². The number of ether oxygens (including phenoxy) is 1. The topological polar surface area (TPSA) is 75.7 Å². The first kappa shape index (κ1) is 19.2. The van der Waals surface area contributed by atoms with Crippen molar-refractivity contribution in [3.05, 3.63) is 58.1 Å². The Hall–Kier alpha value is -2.57. The van der Waals surface area contributed by atoms with Gasteiger partial charge in [-0.2, -0.15) is 0 Å². The zero-order valence-corrected chi connectivity index (χ0v) is 15.7. The summed E-state index contributed by atoms with van der Waals surface area (Å²) in [6.07, 6.45) is 1.37. The molecule has 1 saturated heterocycles. The number of benzene rings is 2. The second-order valence-electron chi connectivity index (χ2n) is 5.92. The Kier molecular flexibility index (Phi) is 5.98. The van der Waals surface area contributed by atoms with Crippen LogP contribution in [0.25, 0.3) is 0 Å². The summed E-state index contributed by atoms with van der Waals surface area (Å²) in [5.74, 6) is -1.10. The van der Waals surface area contributed by atoms with Gasteiger partial charge in [-0.05, 0) is 42.8 Å². The average molecular weight is 407 g/mol. The van der Waals surface area contributed by atoms with Gasteiger partial charge in [0.1, 0.15) is 0 Å². The Labute approximate surface area is 166 Å². The number of nitrogens with zero attached hydrogens (tertiary/aromatic N) is 1. The molecule has 0 saturated carbocycles. The summed E-state index contributed by atoms with van der Waals surface area (Å²) in [6, 6.07) is 11.3. The van der Waals surface area contributed by atoms with Gasteiger partial charge in [-0.3, -0.25) is 9.59 Å². The maximum absolute atomic E-state index is 12.1. The van der Waals surface area contributed by atoms with Gasteiger partial charge in [0.05, 0.1) is 21.3 Å². The van der Waals surface area contributed by atoms with E-state index in [0.29, 0.717) is 29.2 Å². The highest BCUT2D eigenvalue weighted by Crippen LogP contribution is 2.29. The summed E-state index contributed by atoms with van der Waals surface area (Å²) in [4.78, 5) is 37.4. The predicted octanol–water partition coefficient (Wildman–Crippen LogP) is 3.92. The molecule has 1 N–H and O–H groups in total. The van der Waals surface area contributed by atoms with E-state index in [1.807, 2.05) is 0 Å². The van der Waals surface area contributed by atoms with Crippen LogP contribution in [0.4, 0.5) is 11.4 Å². The third-order valence-electron chi connectivity index (χ3n) is 4.05. The van der Waals surface area contributed by atoms with Crippen LogP contribution in [0.1, 0.15) is 23.2 Å². The first-order chi connectivity index (χ1) is 13.0. The van der Waals surface area contributed by atoms with Gasteiger partial charge < -0.3 is 15.0 Å². The van der Waals surface area contributed by atoms with E-state index in [-0.39, 0.29) is 10.9 Å². The molecule has 2 aromatic rings. The van der Waals surface area contributed by atoms with Crippen molar-refractivity contribution in [1.29, 1.82) is 0 Å². The SMILES string of the molecule is O=C(COC(=O)c1ccc(N2CCCC2=O)cc1)Nc1cccc(Cl)c1Cl. The van der Waals surface area contributed by atoms with E-state index in [4.69, 9.17) is 27.9 Å². The minimum absolute atomic E-state index is 0.0710. The molecule has 27 heavy (non-hydrogen) atoms. The Balaban J connectivity index is 1.55. The first-order valence-electron chi connectivity index (χ1n) is 8.27. The van der Waals surface area contributed by atoms with Crippen LogP contribution in [0.3, 0.4) is 0 Å². The van der Waals surface area contributed by atoms with Crippen LogP contribution in [-0.4, -0.2) is 30.9 Å². The molecule has 1 heterocycles. The molecule has 0 aliphatic carbocycles. The van der Waals surface area contributed by atoms with Crippen molar-refractivity contribution in [1.82, 2.24) is 0 Å². The fourth-order valence-electron chi connectivity index (χ4n) is 2.70. The lowest BCUT2D eigenvalue weighted by Gasteiger charge is -2.15. The fraction of sp³-hybridized carbons (Fsp3) is 0.211. The van der Waals surface area contributed by atoms with Crippen molar-refractivity contribution in [3.8, 4) is 0 Å². The lowest BCUT2D eigenvalue weighted by Crippen LogP contribution is -2.23. The molecule has 3 rings (SSSR count). The number of carbonyl (C=O) groups is 3. The standard InChI is InChI=1S/C19H16Cl2N2O4/c20-14-3-1-4-15(18(14)21)22-16(24)11-27-19(26)12-6-8-13(9-7-12)23-10-2-5-17(23)25/h1,3-4,6-9H,2,5,10-11H2,(H,22,24). The molecule has 0 radical (unpaired) electrons. The summed E-state index contributed by atoms with van der Waals surface area (Å²) in [7, 11) is 0. The summed E-state index contributed by atoms with van der Waals surface area (Å²) >= 11 is 11.9. The molecular weight excluding hydrogens is 391 g/mol. The van der Waals surface area contributed by atoms with Crippen LogP contribution < -0.4 is 10.2 Å². The van der Waals surface area contributed by atoms with Gasteiger partial charge in [-0.1, -0.05) is 29.3 Å². The lowest BCUT2D eigenvalue weighted by atomic mass is 10.2. The van der Waals surface area contributed by atoms with Gasteiger partial charge in [0, 0.05) is 18.7 Å². The summed E-state index contributed by atoms with van der Waals surface area (Å²) in [6.45, 7) is 0.211. The molecule has 1 aliphatic rings. The molecule has 8 heteroatoms. The lowest BCUT2D eigenvalue weighted by molar-refractivity contribution is -0.119. The number of hydrogen-bond acceptors (Lipinski definition) is 4. The van der Waals surface area contributed by atoms with Crippen LogP contribution in [0.5, 0.6) is 0 Å². The molecule has 0 spiro atoms. The van der Waals surface area contributed by atoms with Crippen LogP contribution in [-0.2, 0) is 14.3 Å². The largest absolute Gasteiger partial charge is 0.452 e. The number of rotatable bonds is 5. The quantitative estimate of drug-likeness (QED) is 0.763. The molecule has 2 aromatic carbocycles. The minimum atomic E-state index is -0.637. The second kappa shape index (κ2) is 8.41. The average Bonchev–Trinajstić information content (AvgIpc) is 3.09. The molecule has 0 atom stereocenters. The van der Waals surface area contributed by atoms with E-state index < -0.39 is 18.5 Å². The highest BCUT2D eigenvalue weighted by molar-refractivity contribution is 6.44. The maximum Gasteiger partial charge on any atom is 0.338 e. The van der Waals surface area contributed by atoms with E-state index >= 15 is 0 Å². The molecule has 0 bridgehead atoms. The second-order valence-corrected chi connectivity index (χ2v) is 6.71. The highest BCUT2D eigenvalue weighted by Gasteiger charge is 2.22. The summed E-state index contributed by atoms with van der Waals surface area (Å²) in [5, 5.41) is 3.05. The number of amides is 2. The van der Waals surface area contributed by atoms with Crippen LogP contribution in [0.2, 0.25) is 10.0 Å². The summed E-state index contributed by atoms with van der Waals surface area (Å²) < 4.78 is 5.01. The zero-order chi connectivity index (χ0) is 19.4. The number of carbonyl (C=O) groups excluding carboxylic acids is 3. The normalized spacial score (nSPS) is 13.6. The number of nitrogens with one attached hydrogen (secondary N) is 1. The smallest absolute Gasteiger partial charge is 0.338 e. The van der Waals surface area contributed by atoms with Gasteiger partial charge in [-0.15, -0.1) is 0 Å². The van der Waals surface area contributed by atoms with Crippen molar-refractivity contribution >= 4 is 52.4 Å². The fourth-order valence-corrected chi connectivity index (χ4v) is 3.05. The zero-order valence-electron chi connectivity index (χ0n) is 14.2. The summed E-state index contributed by atoms with van der Waals surface area (Å²) in [5.41, 5.74) is 1.37. The van der Waals surface area contributed by atoms with Crippen molar-refractivity contribution in [2.24, 2.45) is 0 Å². The number of anilines is 2. The van der Waals surface area contributed by atoms with Crippen molar-refractivity contribution in [2.75, 3.05) is 23.4 Å². The number of esters is 1. The first-order valence-corrected chi connectivity index (χ1v) is 9.02. The minimum Gasteiger partial charge on any atom is -0.452 e. The third-order valence-corrected chi connectivity index (χ3v) is 4.87. The van der Waals surface area contributed by atoms with E-state index in [1.165, 1.54) is 0 Å². The maximum atomic E-state index is 12.1. The van der Waals surface area contributed by atoms with E-state index in [1.54, 1.807) is 47.4 Å². The van der Waals surface area contributed by atoms with Crippen LogP contribution in [0.15, 0.2) is 42.5 Å². The molecule has 1 fully saturated rings. The Morgan fingerprint density at radius 2 is 1.85 bits per heavy atom. The van der Waals surface area contributed by atoms with Crippen molar-refractivity contribution in [3.63, 3.8) is 0 Å². The van der Waals surface area contributed by atoms with Crippen molar-refractivity contribution < 1.29 is 19.1 Å². The Morgan fingerprint density at radius 1 is 1.11 bits per heavy atom. The van der Waals surface area contributed by atoms with Gasteiger partial charge in [-0.25, -0.2) is 4.79 Å². The van der Waals surface area contributed by atoms with Crippen LogP contribution >= 0.6 is 23.2 Å². The molecule has 1 aliphatic heterocycles. The van der Waals surface area contributed by atoms with Gasteiger partial charge in [0.15, 0.2) is 6.61 Å². The van der Waals surface area contributed by atoms with E-state index in [2.05, 4.69) is 5.32 Å². The molecule has 2 amide bonds. The third kappa shape index (κ3) is 4.59. The van der Waals surface area contributed by atoms with Gasteiger partial charge in [0.25, 0.3) is 5.91 Å². The molecule has 140 valence electrons. The number of hydrogen-bond donors (Lipinski definition) is 1. The molecule has 0 unspecified atom stereocenters.